The van der Waals surface area contributed by atoms with Crippen LogP contribution in [0.25, 0.3) is 0 Å². The summed E-state index contributed by atoms with van der Waals surface area (Å²) in [7, 11) is -0.633. The minimum atomic E-state index is -0.816. The second-order valence-corrected chi connectivity index (χ2v) is 7.27. The number of nitrogens with zero attached hydrogens (tertiary/aromatic N) is 1. The van der Waals surface area contributed by atoms with E-state index in [1.807, 2.05) is 38.7 Å². The Kier molecular flexibility index (Phi) is 3.68. The number of aliphatic carboxylic acids is 1. The molecule has 0 radical (unpaired) electrons. The Bertz CT molecular complexity index is 627. The molecule has 7 heteroatoms. The summed E-state index contributed by atoms with van der Waals surface area (Å²) in [5.74, 6) is -1.59. The number of halogens is 1. The SMILES string of the molecule is CC1(C)OB(c2cc(F)cc(N3CC(C(=O)O)C3)c2)OC1(C)C. The van der Waals surface area contributed by atoms with E-state index in [0.29, 0.717) is 24.2 Å². The van der Waals surface area contributed by atoms with Gasteiger partial charge in [0.2, 0.25) is 0 Å². The second kappa shape index (κ2) is 5.21. The fraction of sp³-hybridized carbons (Fsp3) is 0.562. The molecular formula is C16H21BFNO4. The summed E-state index contributed by atoms with van der Waals surface area (Å²) < 4.78 is 25.9. The number of rotatable bonds is 3. The van der Waals surface area contributed by atoms with Crippen LogP contribution in [0.15, 0.2) is 18.2 Å². The van der Waals surface area contributed by atoms with Crippen LogP contribution in [-0.4, -0.2) is 42.5 Å². The molecule has 0 spiro atoms. The molecule has 2 saturated heterocycles. The van der Waals surface area contributed by atoms with E-state index in [2.05, 4.69) is 0 Å². The van der Waals surface area contributed by atoms with E-state index in [4.69, 9.17) is 14.4 Å². The molecule has 2 heterocycles. The number of hydrogen-bond acceptors (Lipinski definition) is 4. The highest BCUT2D eigenvalue weighted by atomic mass is 19.1. The molecule has 0 atom stereocenters. The van der Waals surface area contributed by atoms with Gasteiger partial charge < -0.3 is 19.3 Å². The maximum Gasteiger partial charge on any atom is 0.495 e. The minimum absolute atomic E-state index is 0.383. The number of carboxylic acid groups (broad SMARTS) is 1. The lowest BCUT2D eigenvalue weighted by Crippen LogP contribution is -2.51. The molecule has 0 amide bonds. The standard InChI is InChI=1S/C16H21BFNO4/c1-15(2)16(3,4)23-17(22-15)11-5-12(18)7-13(6-11)19-8-10(9-19)14(20)21/h5-7,10H,8-9H2,1-4H3,(H,20,21). The summed E-state index contributed by atoms with van der Waals surface area (Å²) in [6.45, 7) is 8.56. The lowest BCUT2D eigenvalue weighted by molar-refractivity contribution is -0.142. The van der Waals surface area contributed by atoms with Gasteiger partial charge in [0, 0.05) is 18.8 Å². The van der Waals surface area contributed by atoms with Crippen LogP contribution in [0.1, 0.15) is 27.7 Å². The molecule has 124 valence electrons. The van der Waals surface area contributed by atoms with Gasteiger partial charge in [-0.05, 0) is 51.4 Å². The third kappa shape index (κ3) is 2.83. The van der Waals surface area contributed by atoms with Crippen molar-refractivity contribution in [3.05, 3.63) is 24.0 Å². The van der Waals surface area contributed by atoms with Crippen LogP contribution < -0.4 is 10.4 Å². The maximum atomic E-state index is 14.0. The van der Waals surface area contributed by atoms with E-state index in [0.717, 1.165) is 0 Å². The summed E-state index contributed by atoms with van der Waals surface area (Å²) in [6, 6.07) is 4.62. The fourth-order valence-electron chi connectivity index (χ4n) is 2.74. The first kappa shape index (κ1) is 16.3. The molecule has 1 aromatic carbocycles. The molecule has 0 saturated carbocycles. The van der Waals surface area contributed by atoms with Crippen molar-refractivity contribution in [2.75, 3.05) is 18.0 Å². The lowest BCUT2D eigenvalue weighted by atomic mass is 9.78. The zero-order valence-corrected chi connectivity index (χ0v) is 13.8. The van der Waals surface area contributed by atoms with Crippen LogP contribution in [0.5, 0.6) is 0 Å². The number of carboxylic acids is 1. The van der Waals surface area contributed by atoms with Crippen LogP contribution in [0.2, 0.25) is 0 Å². The van der Waals surface area contributed by atoms with Gasteiger partial charge in [0.1, 0.15) is 5.82 Å². The van der Waals surface area contributed by atoms with Crippen LogP contribution in [0.3, 0.4) is 0 Å². The van der Waals surface area contributed by atoms with Gasteiger partial charge in [-0.3, -0.25) is 4.79 Å². The molecule has 5 nitrogen and oxygen atoms in total. The first-order valence-corrected chi connectivity index (χ1v) is 7.73. The number of carbonyl (C=O) groups is 1. The Morgan fingerprint density at radius 3 is 2.30 bits per heavy atom. The molecule has 0 unspecified atom stereocenters. The topological polar surface area (TPSA) is 59.0 Å². The molecule has 0 bridgehead atoms. The van der Waals surface area contributed by atoms with E-state index in [9.17, 15) is 9.18 Å². The van der Waals surface area contributed by atoms with Crippen molar-refractivity contribution in [3.63, 3.8) is 0 Å². The van der Waals surface area contributed by atoms with Crippen molar-refractivity contribution in [1.29, 1.82) is 0 Å². The molecule has 0 aromatic heterocycles. The monoisotopic (exact) mass is 321 g/mol. The van der Waals surface area contributed by atoms with Gasteiger partial charge in [-0.2, -0.15) is 0 Å². The first-order chi connectivity index (χ1) is 10.6. The summed E-state index contributed by atoms with van der Waals surface area (Å²) in [5, 5.41) is 8.95. The molecule has 23 heavy (non-hydrogen) atoms. The third-order valence-corrected chi connectivity index (χ3v) is 5.03. The van der Waals surface area contributed by atoms with Crippen LogP contribution in [-0.2, 0) is 14.1 Å². The fourth-order valence-corrected chi connectivity index (χ4v) is 2.74. The van der Waals surface area contributed by atoms with Crippen molar-refractivity contribution in [3.8, 4) is 0 Å². The van der Waals surface area contributed by atoms with Crippen molar-refractivity contribution in [2.45, 2.75) is 38.9 Å². The van der Waals surface area contributed by atoms with E-state index < -0.39 is 30.2 Å². The minimum Gasteiger partial charge on any atom is -0.481 e. The largest absolute Gasteiger partial charge is 0.495 e. The Morgan fingerprint density at radius 2 is 1.78 bits per heavy atom. The summed E-state index contributed by atoms with van der Waals surface area (Å²) in [6.07, 6.45) is 0. The number of hydrogen-bond donors (Lipinski definition) is 1. The zero-order chi connectivity index (χ0) is 17.0. The summed E-state index contributed by atoms with van der Waals surface area (Å²) >= 11 is 0. The molecule has 3 rings (SSSR count). The maximum absolute atomic E-state index is 14.0. The summed E-state index contributed by atoms with van der Waals surface area (Å²) in [5.41, 5.74) is 0.287. The van der Waals surface area contributed by atoms with Gasteiger partial charge in [0.25, 0.3) is 0 Å². The van der Waals surface area contributed by atoms with Gasteiger partial charge in [-0.15, -0.1) is 0 Å². The second-order valence-electron chi connectivity index (χ2n) is 7.27. The Morgan fingerprint density at radius 1 is 1.22 bits per heavy atom. The molecule has 1 N–H and O–H groups in total. The van der Waals surface area contributed by atoms with E-state index in [1.165, 1.54) is 12.1 Å². The van der Waals surface area contributed by atoms with Crippen LogP contribution >= 0.6 is 0 Å². The Labute approximate surface area is 135 Å². The van der Waals surface area contributed by atoms with Crippen molar-refractivity contribution >= 4 is 24.2 Å². The smallest absolute Gasteiger partial charge is 0.481 e. The average Bonchev–Trinajstić information content (AvgIpc) is 2.55. The van der Waals surface area contributed by atoms with Gasteiger partial charge in [0.05, 0.1) is 17.1 Å². The van der Waals surface area contributed by atoms with Gasteiger partial charge in [-0.1, -0.05) is 0 Å². The average molecular weight is 321 g/mol. The number of anilines is 1. The van der Waals surface area contributed by atoms with E-state index >= 15 is 0 Å². The van der Waals surface area contributed by atoms with E-state index in [-0.39, 0.29) is 5.82 Å². The zero-order valence-electron chi connectivity index (χ0n) is 13.8. The van der Waals surface area contributed by atoms with Crippen molar-refractivity contribution in [2.24, 2.45) is 5.92 Å². The molecule has 2 fully saturated rings. The molecule has 2 aliphatic heterocycles. The van der Waals surface area contributed by atoms with Crippen molar-refractivity contribution < 1.29 is 23.6 Å². The summed E-state index contributed by atoms with van der Waals surface area (Å²) in [4.78, 5) is 12.7. The lowest BCUT2D eigenvalue weighted by Gasteiger charge is -2.38. The number of benzene rings is 1. The van der Waals surface area contributed by atoms with Crippen molar-refractivity contribution in [1.82, 2.24) is 0 Å². The normalized spacial score (nSPS) is 23.0. The molecular weight excluding hydrogens is 300 g/mol. The quantitative estimate of drug-likeness (QED) is 0.858. The molecule has 1 aromatic rings. The molecule has 2 aliphatic rings. The van der Waals surface area contributed by atoms with Crippen LogP contribution in [0.4, 0.5) is 10.1 Å². The van der Waals surface area contributed by atoms with E-state index in [1.54, 1.807) is 0 Å². The highest BCUT2D eigenvalue weighted by Gasteiger charge is 2.52. The first-order valence-electron chi connectivity index (χ1n) is 7.73. The van der Waals surface area contributed by atoms with Gasteiger partial charge in [0.15, 0.2) is 0 Å². The van der Waals surface area contributed by atoms with Crippen LogP contribution in [0, 0.1) is 11.7 Å². The third-order valence-electron chi connectivity index (χ3n) is 5.03. The van der Waals surface area contributed by atoms with Gasteiger partial charge in [-0.25, -0.2) is 4.39 Å². The highest BCUT2D eigenvalue weighted by molar-refractivity contribution is 6.62. The predicted molar refractivity (Wildman–Crippen MR) is 85.5 cm³/mol. The Hall–Kier alpha value is -1.60. The van der Waals surface area contributed by atoms with Gasteiger partial charge >= 0.3 is 13.1 Å². The highest BCUT2D eigenvalue weighted by Crippen LogP contribution is 2.37. The molecule has 0 aliphatic carbocycles. The predicted octanol–water partition coefficient (Wildman–Crippen LogP) is 1.65. The Balaban J connectivity index is 1.81.